The van der Waals surface area contributed by atoms with Crippen molar-refractivity contribution in [2.75, 3.05) is 0 Å². The fourth-order valence-corrected chi connectivity index (χ4v) is 4.71. The summed E-state index contributed by atoms with van der Waals surface area (Å²) in [4.78, 5) is 19.2. The van der Waals surface area contributed by atoms with E-state index < -0.39 is 0 Å². The molecule has 1 amide bonds. The molecular weight excluding hydrogens is 330 g/mol. The number of nitrogens with one attached hydrogen (secondary N) is 1. The Hall–Kier alpha value is -2.14. The molecule has 1 saturated carbocycles. The first-order valence-corrected chi connectivity index (χ1v) is 9.96. The lowest BCUT2D eigenvalue weighted by molar-refractivity contribution is 0.0934. The van der Waals surface area contributed by atoms with Crippen LogP contribution < -0.4 is 5.32 Å². The molecule has 0 radical (unpaired) electrons. The Bertz CT molecular complexity index is 845. The average Bonchev–Trinajstić information content (AvgIpc) is 3.23. The van der Waals surface area contributed by atoms with Gasteiger partial charge in [-0.3, -0.25) is 4.79 Å². The lowest BCUT2D eigenvalue weighted by Gasteiger charge is -2.21. The second-order valence-corrected chi connectivity index (χ2v) is 7.74. The van der Waals surface area contributed by atoms with E-state index in [0.29, 0.717) is 6.04 Å². The summed E-state index contributed by atoms with van der Waals surface area (Å²) in [6.07, 6.45) is 14.3. The van der Waals surface area contributed by atoms with Crippen LogP contribution in [0.4, 0.5) is 0 Å². The van der Waals surface area contributed by atoms with Crippen LogP contribution in [0.5, 0.6) is 0 Å². The van der Waals surface area contributed by atoms with Gasteiger partial charge in [-0.05, 0) is 37.1 Å². The van der Waals surface area contributed by atoms with Gasteiger partial charge >= 0.3 is 0 Å². The number of pyridine rings is 1. The number of thiophene rings is 1. The Morgan fingerprint density at radius 1 is 1.08 bits per heavy atom. The normalized spacial score (nSPS) is 16.5. The van der Waals surface area contributed by atoms with Crippen molar-refractivity contribution in [1.82, 2.24) is 14.9 Å². The standard InChI is InChI=1S/C20H23N3OS/c24-19(22-15-9-4-2-1-3-5-10-15)18-17(23-13-6-7-14-23)16-11-8-12-21-20(16)25-18/h6-8,11-15H,1-5,9-10H2,(H,22,24). The Labute approximate surface area is 151 Å². The maximum absolute atomic E-state index is 13.1. The molecule has 5 heteroatoms. The van der Waals surface area contributed by atoms with Crippen molar-refractivity contribution in [3.05, 3.63) is 47.7 Å². The maximum Gasteiger partial charge on any atom is 0.263 e. The summed E-state index contributed by atoms with van der Waals surface area (Å²) in [6, 6.07) is 8.23. The third-order valence-corrected chi connectivity index (χ3v) is 6.05. The van der Waals surface area contributed by atoms with Crippen molar-refractivity contribution < 1.29 is 4.79 Å². The van der Waals surface area contributed by atoms with Crippen LogP contribution in [0.3, 0.4) is 0 Å². The van der Waals surface area contributed by atoms with Gasteiger partial charge in [0.2, 0.25) is 0 Å². The molecule has 0 bridgehead atoms. The molecule has 3 aromatic rings. The number of hydrogen-bond donors (Lipinski definition) is 1. The molecule has 25 heavy (non-hydrogen) atoms. The van der Waals surface area contributed by atoms with Gasteiger partial charge in [-0.2, -0.15) is 0 Å². The quantitative estimate of drug-likeness (QED) is 0.726. The lowest BCUT2D eigenvalue weighted by Crippen LogP contribution is -2.35. The first-order valence-electron chi connectivity index (χ1n) is 9.14. The van der Waals surface area contributed by atoms with E-state index in [1.54, 1.807) is 6.20 Å². The highest BCUT2D eigenvalue weighted by Gasteiger charge is 2.22. The zero-order valence-electron chi connectivity index (χ0n) is 14.3. The minimum atomic E-state index is 0.0391. The summed E-state index contributed by atoms with van der Waals surface area (Å²) in [6.45, 7) is 0. The zero-order valence-corrected chi connectivity index (χ0v) is 15.1. The van der Waals surface area contributed by atoms with Crippen molar-refractivity contribution >= 4 is 27.5 Å². The van der Waals surface area contributed by atoms with Crippen LogP contribution in [-0.4, -0.2) is 21.5 Å². The van der Waals surface area contributed by atoms with Gasteiger partial charge in [0.05, 0.1) is 5.69 Å². The van der Waals surface area contributed by atoms with Crippen molar-refractivity contribution in [2.45, 2.75) is 51.0 Å². The third-order valence-electron chi connectivity index (χ3n) is 4.95. The third kappa shape index (κ3) is 3.47. The molecular formula is C20H23N3OS. The largest absolute Gasteiger partial charge is 0.349 e. The number of carbonyl (C=O) groups is 1. The van der Waals surface area contributed by atoms with Crippen LogP contribution in [0.1, 0.15) is 54.6 Å². The highest BCUT2D eigenvalue weighted by molar-refractivity contribution is 7.21. The Morgan fingerprint density at radius 3 is 2.56 bits per heavy atom. The molecule has 0 aliphatic heterocycles. The van der Waals surface area contributed by atoms with Gasteiger partial charge in [0.1, 0.15) is 9.71 Å². The van der Waals surface area contributed by atoms with Crippen LogP contribution in [0.2, 0.25) is 0 Å². The molecule has 3 aromatic heterocycles. The molecule has 1 fully saturated rings. The van der Waals surface area contributed by atoms with E-state index in [-0.39, 0.29) is 5.91 Å². The average molecular weight is 353 g/mol. The minimum Gasteiger partial charge on any atom is -0.349 e. The van der Waals surface area contributed by atoms with Crippen LogP contribution in [0.25, 0.3) is 15.9 Å². The van der Waals surface area contributed by atoms with Crippen molar-refractivity contribution in [1.29, 1.82) is 0 Å². The van der Waals surface area contributed by atoms with Crippen molar-refractivity contribution in [3.63, 3.8) is 0 Å². The van der Waals surface area contributed by atoms with Gasteiger partial charge in [-0.15, -0.1) is 11.3 Å². The fraction of sp³-hybridized carbons (Fsp3) is 0.400. The van der Waals surface area contributed by atoms with Gasteiger partial charge in [0, 0.05) is 30.0 Å². The summed E-state index contributed by atoms with van der Waals surface area (Å²) in [5.41, 5.74) is 0.946. The fourth-order valence-electron chi connectivity index (χ4n) is 3.66. The number of amides is 1. The van der Waals surface area contributed by atoms with Crippen LogP contribution in [-0.2, 0) is 0 Å². The highest BCUT2D eigenvalue weighted by Crippen LogP contribution is 2.33. The predicted octanol–water partition coefficient (Wildman–Crippen LogP) is 4.93. The molecule has 4 nitrogen and oxygen atoms in total. The zero-order chi connectivity index (χ0) is 17.1. The summed E-state index contributed by atoms with van der Waals surface area (Å²) in [5, 5.41) is 4.33. The molecule has 0 spiro atoms. The second kappa shape index (κ2) is 7.40. The Kier molecular flexibility index (Phi) is 4.83. The molecule has 3 heterocycles. The van der Waals surface area contributed by atoms with E-state index in [9.17, 15) is 4.79 Å². The summed E-state index contributed by atoms with van der Waals surface area (Å²) >= 11 is 1.48. The lowest BCUT2D eigenvalue weighted by atomic mass is 9.96. The minimum absolute atomic E-state index is 0.0391. The molecule has 1 aliphatic rings. The number of hydrogen-bond acceptors (Lipinski definition) is 3. The molecule has 0 atom stereocenters. The SMILES string of the molecule is O=C(NC1CCCCCCC1)c1sc2ncccc2c1-n1cccc1. The molecule has 130 valence electrons. The highest BCUT2D eigenvalue weighted by atomic mass is 32.1. The first kappa shape index (κ1) is 16.3. The van der Waals surface area contributed by atoms with Gasteiger partial charge in [0.25, 0.3) is 5.91 Å². The topological polar surface area (TPSA) is 46.9 Å². The van der Waals surface area contributed by atoms with Crippen LogP contribution in [0, 0.1) is 0 Å². The number of rotatable bonds is 3. The Balaban J connectivity index is 1.66. The van der Waals surface area contributed by atoms with Gasteiger partial charge in [-0.1, -0.05) is 32.1 Å². The molecule has 0 aromatic carbocycles. The summed E-state index contributed by atoms with van der Waals surface area (Å²) in [7, 11) is 0. The van der Waals surface area contributed by atoms with E-state index in [1.165, 1.54) is 43.4 Å². The van der Waals surface area contributed by atoms with E-state index in [2.05, 4.69) is 10.3 Å². The smallest absolute Gasteiger partial charge is 0.263 e. The molecule has 1 N–H and O–H groups in total. The molecule has 0 unspecified atom stereocenters. The number of aromatic nitrogens is 2. The van der Waals surface area contributed by atoms with Crippen LogP contribution >= 0.6 is 11.3 Å². The Morgan fingerprint density at radius 2 is 1.80 bits per heavy atom. The summed E-state index contributed by atoms with van der Waals surface area (Å²) < 4.78 is 2.02. The van der Waals surface area contributed by atoms with Gasteiger partial charge in [0.15, 0.2) is 0 Å². The maximum atomic E-state index is 13.1. The first-order chi connectivity index (χ1) is 12.3. The van der Waals surface area contributed by atoms with Gasteiger partial charge < -0.3 is 9.88 Å². The molecule has 4 rings (SSSR count). The van der Waals surface area contributed by atoms with Crippen LogP contribution in [0.15, 0.2) is 42.9 Å². The summed E-state index contributed by atoms with van der Waals surface area (Å²) in [5.74, 6) is 0.0391. The van der Waals surface area contributed by atoms with E-state index in [4.69, 9.17) is 0 Å². The second-order valence-electron chi connectivity index (χ2n) is 6.74. The number of fused-ring (bicyclic) bond motifs is 1. The van der Waals surface area contributed by atoms with E-state index in [1.807, 2.05) is 41.2 Å². The number of nitrogens with zero attached hydrogens (tertiary/aromatic N) is 2. The number of carbonyl (C=O) groups excluding carboxylic acids is 1. The molecule has 1 aliphatic carbocycles. The monoisotopic (exact) mass is 353 g/mol. The van der Waals surface area contributed by atoms with E-state index >= 15 is 0 Å². The van der Waals surface area contributed by atoms with Crippen molar-refractivity contribution in [2.24, 2.45) is 0 Å². The van der Waals surface area contributed by atoms with E-state index in [0.717, 1.165) is 33.6 Å². The van der Waals surface area contributed by atoms with Crippen molar-refractivity contribution in [3.8, 4) is 5.69 Å². The van der Waals surface area contributed by atoms with Gasteiger partial charge in [-0.25, -0.2) is 4.98 Å². The molecule has 0 saturated heterocycles. The predicted molar refractivity (Wildman–Crippen MR) is 103 cm³/mol.